The van der Waals surface area contributed by atoms with Crippen LogP contribution in [0, 0.1) is 5.92 Å². The van der Waals surface area contributed by atoms with Gasteiger partial charge in [-0.1, -0.05) is 6.07 Å². The van der Waals surface area contributed by atoms with E-state index < -0.39 is 6.04 Å². The van der Waals surface area contributed by atoms with Gasteiger partial charge >= 0.3 is 0 Å². The molecule has 25 heavy (non-hydrogen) atoms. The lowest BCUT2D eigenvalue weighted by atomic mass is 10.2. The average molecular weight is 357 g/mol. The monoisotopic (exact) mass is 357 g/mol. The Labute approximate surface area is 150 Å². The van der Waals surface area contributed by atoms with Crippen molar-refractivity contribution >= 4 is 23.6 Å². The Kier molecular flexibility index (Phi) is 4.48. The molecule has 6 nitrogen and oxygen atoms in total. The number of pyridine rings is 1. The minimum absolute atomic E-state index is 0.0710. The Morgan fingerprint density at radius 3 is 2.92 bits per heavy atom. The molecule has 1 saturated heterocycles. The molecular weight excluding hydrogens is 338 g/mol. The normalized spacial score (nSPS) is 22.8. The van der Waals surface area contributed by atoms with Crippen LogP contribution in [0.3, 0.4) is 0 Å². The molecule has 3 heterocycles. The molecule has 1 N–H and O–H groups in total. The van der Waals surface area contributed by atoms with Crippen molar-refractivity contribution in [3.8, 4) is 0 Å². The molecule has 0 radical (unpaired) electrons. The van der Waals surface area contributed by atoms with Gasteiger partial charge in [0.15, 0.2) is 0 Å². The Morgan fingerprint density at radius 1 is 1.36 bits per heavy atom. The Morgan fingerprint density at radius 2 is 2.24 bits per heavy atom. The number of nitrogens with one attached hydrogen (secondary N) is 1. The second-order valence-corrected chi connectivity index (χ2v) is 7.47. The van der Waals surface area contributed by atoms with Crippen LogP contribution in [-0.4, -0.2) is 33.5 Å². The molecule has 2 aromatic heterocycles. The molecule has 1 aliphatic heterocycles. The lowest BCUT2D eigenvalue weighted by molar-refractivity contribution is -0.140. The van der Waals surface area contributed by atoms with E-state index in [1.165, 1.54) is 0 Å². The molecule has 7 heteroatoms. The molecule has 0 unspecified atom stereocenters. The van der Waals surface area contributed by atoms with Crippen molar-refractivity contribution in [1.29, 1.82) is 0 Å². The van der Waals surface area contributed by atoms with E-state index in [0.29, 0.717) is 12.3 Å². The zero-order valence-electron chi connectivity index (χ0n) is 13.6. The number of nitrogens with zero attached hydrogens (tertiary/aromatic N) is 2. The van der Waals surface area contributed by atoms with Crippen LogP contribution in [0.2, 0.25) is 0 Å². The van der Waals surface area contributed by atoms with Gasteiger partial charge in [-0.25, -0.2) is 0 Å². The van der Waals surface area contributed by atoms with Crippen molar-refractivity contribution in [3.05, 3.63) is 54.2 Å². The number of rotatable bonds is 5. The fourth-order valence-corrected chi connectivity index (χ4v) is 4.42. The minimum atomic E-state index is -0.449. The van der Waals surface area contributed by atoms with Crippen molar-refractivity contribution in [2.24, 2.45) is 5.92 Å². The zero-order valence-corrected chi connectivity index (χ0v) is 14.4. The summed E-state index contributed by atoms with van der Waals surface area (Å²) in [5.74, 6) is 0.628. The van der Waals surface area contributed by atoms with E-state index in [1.807, 2.05) is 18.2 Å². The molecule has 1 aliphatic carbocycles. The SMILES string of the molecule is O=C(NCc1cccnc1)[C@H]1CS[C@@H](c2ccoc2)N1C(=O)C1CC1. The van der Waals surface area contributed by atoms with Crippen LogP contribution in [0.5, 0.6) is 0 Å². The van der Waals surface area contributed by atoms with Crippen molar-refractivity contribution in [2.45, 2.75) is 30.8 Å². The van der Waals surface area contributed by atoms with Gasteiger partial charge < -0.3 is 14.6 Å². The first-order valence-electron chi connectivity index (χ1n) is 8.36. The van der Waals surface area contributed by atoms with E-state index in [1.54, 1.807) is 41.6 Å². The highest BCUT2D eigenvalue weighted by Crippen LogP contribution is 2.45. The van der Waals surface area contributed by atoms with Gasteiger partial charge in [-0.2, -0.15) is 0 Å². The fourth-order valence-electron chi connectivity index (χ4n) is 3.00. The first kappa shape index (κ1) is 16.2. The maximum Gasteiger partial charge on any atom is 0.243 e. The molecule has 2 atom stereocenters. The third-order valence-electron chi connectivity index (χ3n) is 4.50. The number of thioether (sulfide) groups is 1. The van der Waals surface area contributed by atoms with Gasteiger partial charge in [0.05, 0.1) is 12.5 Å². The third kappa shape index (κ3) is 3.42. The van der Waals surface area contributed by atoms with Gasteiger partial charge in [-0.15, -0.1) is 11.8 Å². The van der Waals surface area contributed by atoms with E-state index in [9.17, 15) is 9.59 Å². The summed E-state index contributed by atoms with van der Waals surface area (Å²) in [6.07, 6.45) is 8.52. The van der Waals surface area contributed by atoms with E-state index in [2.05, 4.69) is 10.3 Å². The van der Waals surface area contributed by atoms with E-state index in [4.69, 9.17) is 4.42 Å². The molecular formula is C18H19N3O3S. The summed E-state index contributed by atoms with van der Waals surface area (Å²) >= 11 is 1.61. The molecule has 4 rings (SSSR count). The predicted octanol–water partition coefficient (Wildman–Crippen LogP) is 2.34. The zero-order chi connectivity index (χ0) is 17.2. The summed E-state index contributed by atoms with van der Waals surface area (Å²) in [7, 11) is 0. The highest BCUT2D eigenvalue weighted by molar-refractivity contribution is 7.99. The summed E-state index contributed by atoms with van der Waals surface area (Å²) < 4.78 is 5.17. The lowest BCUT2D eigenvalue weighted by Gasteiger charge is -2.28. The van der Waals surface area contributed by atoms with Gasteiger partial charge in [-0.05, 0) is 30.5 Å². The van der Waals surface area contributed by atoms with Crippen molar-refractivity contribution in [3.63, 3.8) is 0 Å². The minimum Gasteiger partial charge on any atom is -0.472 e. The van der Waals surface area contributed by atoms with E-state index in [0.717, 1.165) is 24.0 Å². The summed E-state index contributed by atoms with van der Waals surface area (Å²) in [5.41, 5.74) is 1.87. The van der Waals surface area contributed by atoms with Crippen LogP contribution in [0.1, 0.15) is 29.3 Å². The number of amides is 2. The number of hydrogen-bond donors (Lipinski definition) is 1. The third-order valence-corrected chi connectivity index (χ3v) is 5.83. The van der Waals surface area contributed by atoms with Crippen LogP contribution in [0.4, 0.5) is 0 Å². The Balaban J connectivity index is 1.49. The van der Waals surface area contributed by atoms with Crippen LogP contribution >= 0.6 is 11.8 Å². The number of hydrogen-bond acceptors (Lipinski definition) is 5. The van der Waals surface area contributed by atoms with Gasteiger partial charge in [0.2, 0.25) is 11.8 Å². The molecule has 1 saturated carbocycles. The molecule has 2 amide bonds. The van der Waals surface area contributed by atoms with Gasteiger partial charge in [0, 0.05) is 36.2 Å². The molecule has 0 spiro atoms. The number of carbonyl (C=O) groups excluding carboxylic acids is 2. The predicted molar refractivity (Wildman–Crippen MR) is 93.3 cm³/mol. The summed E-state index contributed by atoms with van der Waals surface area (Å²) in [6, 6.07) is 5.17. The number of carbonyl (C=O) groups is 2. The standard InChI is InChI=1S/C18H19N3O3S/c22-16(20-9-12-2-1-6-19-8-12)15-11-25-18(14-5-7-24-10-14)21(15)17(23)13-3-4-13/h1-2,5-8,10,13,15,18H,3-4,9,11H2,(H,20,22)/t15-,18+/m1/s1. The van der Waals surface area contributed by atoms with Gasteiger partial charge in [-0.3, -0.25) is 14.6 Å². The fraction of sp³-hybridized carbons (Fsp3) is 0.389. The highest BCUT2D eigenvalue weighted by atomic mass is 32.2. The highest BCUT2D eigenvalue weighted by Gasteiger charge is 2.46. The Hall–Kier alpha value is -2.28. The van der Waals surface area contributed by atoms with Crippen molar-refractivity contribution in [2.75, 3.05) is 5.75 Å². The molecule has 0 bridgehead atoms. The Bertz CT molecular complexity index is 746. The first-order chi connectivity index (χ1) is 12.2. The topological polar surface area (TPSA) is 75.4 Å². The smallest absolute Gasteiger partial charge is 0.243 e. The van der Waals surface area contributed by atoms with Crippen molar-refractivity contribution in [1.82, 2.24) is 15.2 Å². The molecule has 0 aromatic carbocycles. The molecule has 2 fully saturated rings. The average Bonchev–Trinajstić information content (AvgIpc) is 3.17. The van der Waals surface area contributed by atoms with E-state index in [-0.39, 0.29) is 23.1 Å². The van der Waals surface area contributed by atoms with Crippen molar-refractivity contribution < 1.29 is 14.0 Å². The molecule has 2 aliphatic rings. The summed E-state index contributed by atoms with van der Waals surface area (Å²) in [5, 5.41) is 2.79. The number of furan rings is 1. The van der Waals surface area contributed by atoms with Crippen LogP contribution < -0.4 is 5.32 Å². The first-order valence-corrected chi connectivity index (χ1v) is 9.41. The quantitative estimate of drug-likeness (QED) is 0.889. The summed E-state index contributed by atoms with van der Waals surface area (Å²) in [6.45, 7) is 0.412. The molecule has 130 valence electrons. The number of aromatic nitrogens is 1. The summed E-state index contributed by atoms with van der Waals surface area (Å²) in [4.78, 5) is 31.3. The maximum atomic E-state index is 12.8. The van der Waals surface area contributed by atoms with Gasteiger partial charge in [0.25, 0.3) is 0 Å². The second kappa shape index (κ2) is 6.92. The largest absolute Gasteiger partial charge is 0.472 e. The van der Waals surface area contributed by atoms with Crippen LogP contribution in [-0.2, 0) is 16.1 Å². The second-order valence-electron chi connectivity index (χ2n) is 6.36. The van der Waals surface area contributed by atoms with Crippen LogP contribution in [0.25, 0.3) is 0 Å². The lowest BCUT2D eigenvalue weighted by Crippen LogP contribution is -2.48. The van der Waals surface area contributed by atoms with E-state index >= 15 is 0 Å². The van der Waals surface area contributed by atoms with Gasteiger partial charge in [0.1, 0.15) is 11.4 Å². The molecule has 2 aromatic rings. The van der Waals surface area contributed by atoms with Crippen LogP contribution in [0.15, 0.2) is 47.5 Å². The maximum absolute atomic E-state index is 12.8.